The lowest BCUT2D eigenvalue weighted by molar-refractivity contribution is -0.111. The van der Waals surface area contributed by atoms with Crippen molar-refractivity contribution < 1.29 is 14.3 Å². The predicted octanol–water partition coefficient (Wildman–Crippen LogP) is 1.15. The molecule has 2 N–H and O–H groups in total. The van der Waals surface area contributed by atoms with Gasteiger partial charge in [0.15, 0.2) is 0 Å². The number of nitrogens with one attached hydrogen (secondary N) is 2. The van der Waals surface area contributed by atoms with Crippen molar-refractivity contribution in [2.75, 3.05) is 39.2 Å². The fraction of sp³-hybridized carbons (Fsp3) is 0.389. The van der Waals surface area contributed by atoms with Crippen molar-refractivity contribution in [2.24, 2.45) is 0 Å². The van der Waals surface area contributed by atoms with Gasteiger partial charge in [-0.15, -0.1) is 0 Å². The summed E-state index contributed by atoms with van der Waals surface area (Å²) in [6.45, 7) is 1.79. The molecule has 1 atom stereocenters. The summed E-state index contributed by atoms with van der Waals surface area (Å²) in [4.78, 5) is 32.9. The number of aromatic amines is 1. The average Bonchev–Trinajstić information content (AvgIpc) is 3.09. The lowest BCUT2D eigenvalue weighted by Gasteiger charge is -2.16. The van der Waals surface area contributed by atoms with E-state index < -0.39 is 0 Å². The molecule has 138 valence electrons. The van der Waals surface area contributed by atoms with E-state index in [-0.39, 0.29) is 17.6 Å². The Labute approximate surface area is 150 Å². The Morgan fingerprint density at radius 2 is 2.35 bits per heavy atom. The number of rotatable bonds is 6. The number of aromatic nitrogens is 2. The molecule has 0 bridgehead atoms. The van der Waals surface area contributed by atoms with Gasteiger partial charge in [-0.3, -0.25) is 9.59 Å². The molecule has 2 aromatic rings. The molecule has 0 aliphatic carbocycles. The van der Waals surface area contributed by atoms with Crippen LogP contribution < -0.4 is 15.6 Å². The number of hydrogen-bond acceptors (Lipinski definition) is 6. The summed E-state index contributed by atoms with van der Waals surface area (Å²) in [6, 6.07) is 3.26. The molecule has 0 radical (unpaired) electrons. The SMILES string of the molecule is CN(C)C/C=C/C(=O)Nc1cc2c(=O)[nH]cnc2cc1O[C@H]1CCOC1. The Morgan fingerprint density at radius 3 is 3.08 bits per heavy atom. The van der Waals surface area contributed by atoms with E-state index in [1.807, 2.05) is 19.0 Å². The number of fused-ring (bicyclic) bond motifs is 1. The number of amides is 1. The van der Waals surface area contributed by atoms with Gasteiger partial charge in [-0.25, -0.2) is 4.98 Å². The smallest absolute Gasteiger partial charge is 0.258 e. The van der Waals surface area contributed by atoms with Gasteiger partial charge in [-0.2, -0.15) is 0 Å². The summed E-state index contributed by atoms with van der Waals surface area (Å²) in [5, 5.41) is 3.17. The van der Waals surface area contributed by atoms with Gasteiger partial charge in [0.25, 0.3) is 5.56 Å². The van der Waals surface area contributed by atoms with Crippen LogP contribution in [0.2, 0.25) is 0 Å². The minimum absolute atomic E-state index is 0.0885. The molecule has 1 aromatic heterocycles. The Kier molecular flexibility index (Phi) is 5.65. The van der Waals surface area contributed by atoms with Gasteiger partial charge in [-0.1, -0.05) is 6.08 Å². The van der Waals surface area contributed by atoms with E-state index in [0.29, 0.717) is 42.1 Å². The van der Waals surface area contributed by atoms with Crippen molar-refractivity contribution >= 4 is 22.5 Å². The van der Waals surface area contributed by atoms with Crippen LogP contribution in [0.1, 0.15) is 6.42 Å². The highest BCUT2D eigenvalue weighted by Gasteiger charge is 2.20. The average molecular weight is 358 g/mol. The molecule has 1 aliphatic rings. The largest absolute Gasteiger partial charge is 0.486 e. The first-order valence-electron chi connectivity index (χ1n) is 8.41. The molecule has 8 heteroatoms. The summed E-state index contributed by atoms with van der Waals surface area (Å²) < 4.78 is 11.3. The Hall–Kier alpha value is -2.71. The minimum atomic E-state index is -0.293. The molecule has 1 fully saturated rings. The van der Waals surface area contributed by atoms with Crippen LogP contribution >= 0.6 is 0 Å². The monoisotopic (exact) mass is 358 g/mol. The van der Waals surface area contributed by atoms with E-state index in [1.54, 1.807) is 18.2 Å². The maximum Gasteiger partial charge on any atom is 0.258 e. The number of ether oxygens (including phenoxy) is 2. The fourth-order valence-electron chi connectivity index (χ4n) is 2.62. The summed E-state index contributed by atoms with van der Waals surface area (Å²) in [7, 11) is 3.83. The lowest BCUT2D eigenvalue weighted by Crippen LogP contribution is -2.18. The highest BCUT2D eigenvalue weighted by atomic mass is 16.5. The van der Waals surface area contributed by atoms with E-state index in [4.69, 9.17) is 9.47 Å². The van der Waals surface area contributed by atoms with Crippen LogP contribution in [-0.2, 0) is 9.53 Å². The van der Waals surface area contributed by atoms with Crippen LogP contribution in [0.4, 0.5) is 5.69 Å². The van der Waals surface area contributed by atoms with E-state index in [0.717, 1.165) is 6.42 Å². The molecule has 8 nitrogen and oxygen atoms in total. The molecule has 0 spiro atoms. The second-order valence-corrected chi connectivity index (χ2v) is 6.35. The molecule has 1 aromatic carbocycles. The summed E-state index contributed by atoms with van der Waals surface area (Å²) in [5.41, 5.74) is 0.663. The highest BCUT2D eigenvalue weighted by Crippen LogP contribution is 2.30. The van der Waals surface area contributed by atoms with E-state index >= 15 is 0 Å². The van der Waals surface area contributed by atoms with Crippen molar-refractivity contribution in [1.82, 2.24) is 14.9 Å². The Bertz CT molecular complexity index is 869. The fourth-order valence-corrected chi connectivity index (χ4v) is 2.62. The Balaban J connectivity index is 1.89. The van der Waals surface area contributed by atoms with Gasteiger partial charge in [0, 0.05) is 25.1 Å². The molecular weight excluding hydrogens is 336 g/mol. The van der Waals surface area contributed by atoms with Gasteiger partial charge in [0.2, 0.25) is 5.91 Å². The first-order valence-corrected chi connectivity index (χ1v) is 8.41. The molecule has 0 unspecified atom stereocenters. The van der Waals surface area contributed by atoms with Crippen molar-refractivity contribution in [3.8, 4) is 5.75 Å². The second kappa shape index (κ2) is 8.11. The summed E-state index contributed by atoms with van der Waals surface area (Å²) in [6.07, 6.45) is 5.25. The zero-order chi connectivity index (χ0) is 18.5. The lowest BCUT2D eigenvalue weighted by atomic mass is 10.2. The zero-order valence-electron chi connectivity index (χ0n) is 14.8. The van der Waals surface area contributed by atoms with Gasteiger partial charge >= 0.3 is 0 Å². The van der Waals surface area contributed by atoms with Crippen molar-refractivity contribution in [1.29, 1.82) is 0 Å². The number of anilines is 1. The minimum Gasteiger partial charge on any atom is -0.486 e. The standard InChI is InChI=1S/C18H22N4O4/c1-22(2)6-3-4-17(23)21-15-8-13-14(19-11-20-18(13)24)9-16(15)26-12-5-7-25-10-12/h3-4,8-9,11-12H,5-7,10H2,1-2H3,(H,21,23)(H,19,20,24)/b4-3+/t12-/m0/s1. The highest BCUT2D eigenvalue weighted by molar-refractivity contribution is 6.02. The van der Waals surface area contributed by atoms with Crippen molar-refractivity contribution in [2.45, 2.75) is 12.5 Å². The molecule has 1 aliphatic heterocycles. The number of benzene rings is 1. The van der Waals surface area contributed by atoms with Gasteiger partial charge < -0.3 is 24.7 Å². The third-order valence-electron chi connectivity index (χ3n) is 3.92. The summed E-state index contributed by atoms with van der Waals surface area (Å²) >= 11 is 0. The van der Waals surface area contributed by atoms with Crippen LogP contribution in [-0.4, -0.2) is 60.7 Å². The second-order valence-electron chi connectivity index (χ2n) is 6.35. The van der Waals surface area contributed by atoms with Crippen molar-refractivity contribution in [3.63, 3.8) is 0 Å². The predicted molar refractivity (Wildman–Crippen MR) is 98.5 cm³/mol. The van der Waals surface area contributed by atoms with Crippen LogP contribution in [0.3, 0.4) is 0 Å². The normalized spacial score (nSPS) is 17.3. The quantitative estimate of drug-likeness (QED) is 0.752. The molecule has 0 saturated carbocycles. The third kappa shape index (κ3) is 4.47. The maximum atomic E-state index is 12.2. The topological polar surface area (TPSA) is 96.6 Å². The number of H-pyrrole nitrogens is 1. The van der Waals surface area contributed by atoms with Crippen LogP contribution in [0.15, 0.2) is 35.4 Å². The van der Waals surface area contributed by atoms with E-state index in [9.17, 15) is 9.59 Å². The molecule has 1 saturated heterocycles. The van der Waals surface area contributed by atoms with Gasteiger partial charge in [0.05, 0.1) is 36.1 Å². The molecule has 26 heavy (non-hydrogen) atoms. The molecule has 1 amide bonds. The number of likely N-dealkylation sites (N-methyl/N-ethyl adjacent to an activating group) is 1. The Morgan fingerprint density at radius 1 is 1.50 bits per heavy atom. The van der Waals surface area contributed by atoms with Gasteiger partial charge in [-0.05, 0) is 20.2 Å². The molecular formula is C18H22N4O4. The molecule has 3 rings (SSSR count). The van der Waals surface area contributed by atoms with Crippen LogP contribution in [0.5, 0.6) is 5.75 Å². The number of carbonyl (C=O) groups is 1. The van der Waals surface area contributed by atoms with Crippen LogP contribution in [0.25, 0.3) is 10.9 Å². The zero-order valence-corrected chi connectivity index (χ0v) is 14.8. The first kappa shape index (κ1) is 18.1. The molecule has 2 heterocycles. The number of carbonyl (C=O) groups excluding carboxylic acids is 1. The van der Waals surface area contributed by atoms with Crippen molar-refractivity contribution in [3.05, 3.63) is 41.0 Å². The van der Waals surface area contributed by atoms with Gasteiger partial charge in [0.1, 0.15) is 11.9 Å². The van der Waals surface area contributed by atoms with Crippen LogP contribution in [0, 0.1) is 0 Å². The van der Waals surface area contributed by atoms with E-state index in [1.165, 1.54) is 12.4 Å². The van der Waals surface area contributed by atoms with E-state index in [2.05, 4.69) is 15.3 Å². The number of nitrogens with zero attached hydrogens (tertiary/aromatic N) is 2. The third-order valence-corrected chi connectivity index (χ3v) is 3.92. The maximum absolute atomic E-state index is 12.2. The first-order chi connectivity index (χ1) is 12.5. The number of hydrogen-bond donors (Lipinski definition) is 2. The summed E-state index contributed by atoms with van der Waals surface area (Å²) in [5.74, 6) is 0.180.